The number of nitrogens with one attached hydrogen (secondary N) is 1. The van der Waals surface area contributed by atoms with E-state index in [1.807, 2.05) is 0 Å². The zero-order valence-corrected chi connectivity index (χ0v) is 20.5. The summed E-state index contributed by atoms with van der Waals surface area (Å²) in [6.07, 6.45) is -15.0. The Morgan fingerprint density at radius 3 is 1.81 bits per heavy atom. The molecule has 2 aromatic rings. The van der Waals surface area contributed by atoms with Crippen molar-refractivity contribution < 1.29 is 80.6 Å². The molecule has 0 bridgehead atoms. The van der Waals surface area contributed by atoms with Crippen molar-refractivity contribution in [2.75, 3.05) is 6.61 Å². The summed E-state index contributed by atoms with van der Waals surface area (Å²) in [7, 11) is 0. The summed E-state index contributed by atoms with van der Waals surface area (Å²) in [6, 6.07) is 1.09. The van der Waals surface area contributed by atoms with Crippen LogP contribution < -0.4 is 5.32 Å². The number of fused-ring (bicyclic) bond motifs is 1. The van der Waals surface area contributed by atoms with Crippen molar-refractivity contribution in [1.82, 2.24) is 9.88 Å². The summed E-state index contributed by atoms with van der Waals surface area (Å²) < 4.78 is 189. The molecule has 0 aliphatic rings. The fourth-order valence-electron chi connectivity index (χ4n) is 3.33. The Bertz CT molecular complexity index is 1330. The summed E-state index contributed by atoms with van der Waals surface area (Å²) in [6.45, 7) is 0.855. The molecule has 0 saturated heterocycles. The molecule has 0 aliphatic heterocycles. The minimum Gasteiger partial charge on any atom is -0.464 e. The second kappa shape index (κ2) is 11.2. The molecule has 0 saturated carbocycles. The first-order valence-electron chi connectivity index (χ1n) is 11.1. The first-order chi connectivity index (χ1) is 18.9. The standard InChI is InChI=1S/C22H16F14N2O4/c1-2-7-42-14(39)12(37-15(40)17(23,24)19(27,28)21(31,32)33)8-10-9-38(13-6-4-3-5-11(10)13)16(41)18(25,26)20(29,30)22(34,35)36/h3-6,9,12H,2,7-8H2,1H3,(H,37,40). The summed E-state index contributed by atoms with van der Waals surface area (Å²) >= 11 is 0. The summed E-state index contributed by atoms with van der Waals surface area (Å²) in [4.78, 5) is 36.5. The third kappa shape index (κ3) is 5.97. The highest BCUT2D eigenvalue weighted by molar-refractivity contribution is 5.98. The second-order valence-electron chi connectivity index (χ2n) is 8.54. The predicted octanol–water partition coefficient (Wildman–Crippen LogP) is 5.93. The van der Waals surface area contributed by atoms with Crippen LogP contribution in [0.1, 0.15) is 23.7 Å². The number of esters is 1. The van der Waals surface area contributed by atoms with Crippen LogP contribution >= 0.6 is 0 Å². The third-order valence-corrected chi connectivity index (χ3v) is 5.53. The van der Waals surface area contributed by atoms with Crippen molar-refractivity contribution in [2.24, 2.45) is 0 Å². The average Bonchev–Trinajstić information content (AvgIpc) is 3.22. The Balaban J connectivity index is 2.60. The molecule has 0 fully saturated rings. The first kappa shape index (κ1) is 34.6. The topological polar surface area (TPSA) is 77.4 Å². The highest BCUT2D eigenvalue weighted by Crippen LogP contribution is 2.48. The molecule has 0 aliphatic carbocycles. The van der Waals surface area contributed by atoms with E-state index < -0.39 is 93.9 Å². The lowest BCUT2D eigenvalue weighted by Gasteiger charge is -2.28. The SMILES string of the molecule is CCCOC(=O)C(Cc1cn(C(=O)C(F)(F)C(F)(F)C(F)(F)F)c2ccccc12)NC(=O)C(F)(F)C(F)(F)C(F)(F)F. The number of hydrogen-bond acceptors (Lipinski definition) is 4. The molecule has 236 valence electrons. The molecule has 1 aromatic carbocycles. The van der Waals surface area contributed by atoms with Gasteiger partial charge in [-0.2, -0.15) is 61.5 Å². The Labute approximate surface area is 224 Å². The lowest BCUT2D eigenvalue weighted by Crippen LogP contribution is -2.61. The monoisotopic (exact) mass is 638 g/mol. The fraction of sp³-hybridized carbons (Fsp3) is 0.500. The van der Waals surface area contributed by atoms with Crippen LogP contribution in [0.5, 0.6) is 0 Å². The van der Waals surface area contributed by atoms with Crippen molar-refractivity contribution in [3.8, 4) is 0 Å². The quantitative estimate of drug-likeness (QED) is 0.259. The molecule has 2 rings (SSSR count). The molecule has 1 amide bonds. The zero-order valence-electron chi connectivity index (χ0n) is 20.5. The fourth-order valence-corrected chi connectivity index (χ4v) is 3.33. The van der Waals surface area contributed by atoms with Gasteiger partial charge in [0.1, 0.15) is 6.04 Å². The van der Waals surface area contributed by atoms with Gasteiger partial charge in [-0.25, -0.2) is 4.79 Å². The van der Waals surface area contributed by atoms with Gasteiger partial charge in [0.15, 0.2) is 0 Å². The molecule has 1 heterocycles. The van der Waals surface area contributed by atoms with E-state index in [2.05, 4.69) is 4.74 Å². The molecule has 1 atom stereocenters. The molecule has 0 spiro atoms. The number of para-hydroxylation sites is 1. The Hall–Kier alpha value is -3.61. The number of carbonyl (C=O) groups is 3. The number of benzene rings is 1. The van der Waals surface area contributed by atoms with Gasteiger partial charge in [0.2, 0.25) is 0 Å². The molecule has 1 unspecified atom stereocenters. The third-order valence-electron chi connectivity index (χ3n) is 5.53. The van der Waals surface area contributed by atoms with E-state index >= 15 is 0 Å². The van der Waals surface area contributed by atoms with E-state index in [0.717, 1.165) is 29.6 Å². The van der Waals surface area contributed by atoms with Gasteiger partial charge in [0.25, 0.3) is 5.91 Å². The molecule has 20 heteroatoms. The maximum absolute atomic E-state index is 14.1. The number of carbonyl (C=O) groups excluding carboxylic acids is 3. The number of hydrogen-bond donors (Lipinski definition) is 1. The van der Waals surface area contributed by atoms with E-state index in [1.54, 1.807) is 0 Å². The Morgan fingerprint density at radius 1 is 0.810 bits per heavy atom. The normalized spacial score (nSPS) is 14.5. The van der Waals surface area contributed by atoms with Gasteiger partial charge < -0.3 is 10.1 Å². The van der Waals surface area contributed by atoms with E-state index in [0.29, 0.717) is 0 Å². The van der Waals surface area contributed by atoms with Crippen LogP contribution in [0.25, 0.3) is 10.9 Å². The molecule has 1 aromatic heterocycles. The highest BCUT2D eigenvalue weighted by atomic mass is 19.4. The molecule has 6 nitrogen and oxygen atoms in total. The number of rotatable bonds is 10. The van der Waals surface area contributed by atoms with Gasteiger partial charge in [0, 0.05) is 18.0 Å². The van der Waals surface area contributed by atoms with Crippen LogP contribution in [0.15, 0.2) is 30.5 Å². The number of halogens is 14. The second-order valence-corrected chi connectivity index (χ2v) is 8.54. The van der Waals surface area contributed by atoms with Crippen LogP contribution in [0, 0.1) is 0 Å². The summed E-state index contributed by atoms with van der Waals surface area (Å²) in [5.74, 6) is -35.1. The van der Waals surface area contributed by atoms with Crippen LogP contribution in [0.4, 0.5) is 61.5 Å². The van der Waals surface area contributed by atoms with Crippen molar-refractivity contribution in [3.63, 3.8) is 0 Å². The van der Waals surface area contributed by atoms with Crippen molar-refractivity contribution >= 4 is 28.7 Å². The van der Waals surface area contributed by atoms with Gasteiger partial charge in [-0.1, -0.05) is 25.1 Å². The van der Waals surface area contributed by atoms with Gasteiger partial charge >= 0.3 is 47.9 Å². The van der Waals surface area contributed by atoms with Crippen LogP contribution in [0.2, 0.25) is 0 Å². The van der Waals surface area contributed by atoms with Gasteiger partial charge in [-0.3, -0.25) is 14.2 Å². The van der Waals surface area contributed by atoms with Gasteiger partial charge in [0.05, 0.1) is 12.1 Å². The van der Waals surface area contributed by atoms with E-state index in [4.69, 9.17) is 0 Å². The maximum Gasteiger partial charge on any atom is 0.460 e. The summed E-state index contributed by atoms with van der Waals surface area (Å²) in [5.41, 5.74) is -1.51. The van der Waals surface area contributed by atoms with Crippen LogP contribution in [-0.2, 0) is 20.7 Å². The molecule has 1 N–H and O–H groups in total. The number of nitrogens with zero attached hydrogens (tertiary/aromatic N) is 1. The lowest BCUT2D eigenvalue weighted by molar-refractivity contribution is -0.344. The zero-order chi connectivity index (χ0) is 32.7. The largest absolute Gasteiger partial charge is 0.464 e. The van der Waals surface area contributed by atoms with Crippen molar-refractivity contribution in [2.45, 2.75) is 61.8 Å². The van der Waals surface area contributed by atoms with Gasteiger partial charge in [-0.05, 0) is 18.1 Å². The van der Waals surface area contributed by atoms with E-state index in [-0.39, 0.29) is 12.6 Å². The van der Waals surface area contributed by atoms with Crippen LogP contribution in [-0.4, -0.2) is 71.0 Å². The number of amides is 1. The molecular formula is C22H16F14N2O4. The lowest BCUT2D eigenvalue weighted by atomic mass is 10.0. The molecular weight excluding hydrogens is 622 g/mol. The average molecular weight is 638 g/mol. The number of alkyl halides is 14. The highest BCUT2D eigenvalue weighted by Gasteiger charge is 2.77. The van der Waals surface area contributed by atoms with E-state index in [9.17, 15) is 75.8 Å². The van der Waals surface area contributed by atoms with E-state index in [1.165, 1.54) is 6.92 Å². The van der Waals surface area contributed by atoms with Crippen molar-refractivity contribution in [1.29, 1.82) is 0 Å². The number of ether oxygens (including phenoxy) is 1. The molecule has 0 radical (unpaired) electrons. The Morgan fingerprint density at radius 2 is 1.31 bits per heavy atom. The molecule has 42 heavy (non-hydrogen) atoms. The van der Waals surface area contributed by atoms with Crippen molar-refractivity contribution in [3.05, 3.63) is 36.0 Å². The Kier molecular flexibility index (Phi) is 9.25. The minimum atomic E-state index is -6.96. The van der Waals surface area contributed by atoms with Crippen LogP contribution in [0.3, 0.4) is 0 Å². The van der Waals surface area contributed by atoms with Gasteiger partial charge in [-0.15, -0.1) is 0 Å². The predicted molar refractivity (Wildman–Crippen MR) is 111 cm³/mol. The summed E-state index contributed by atoms with van der Waals surface area (Å²) in [5, 5.41) is 0.422. The number of aromatic nitrogens is 1. The maximum atomic E-state index is 14.1. The minimum absolute atomic E-state index is 0.0189. The smallest absolute Gasteiger partial charge is 0.460 e. The first-order valence-corrected chi connectivity index (χ1v) is 11.1.